The van der Waals surface area contributed by atoms with Crippen LogP contribution in [0.5, 0.6) is 0 Å². The van der Waals surface area contributed by atoms with Crippen molar-refractivity contribution in [2.24, 2.45) is 5.41 Å². The molecular weight excluding hydrogens is 316 g/mol. The molecule has 0 aliphatic heterocycles. The number of alkyl halides is 1. The van der Waals surface area contributed by atoms with Crippen LogP contribution in [0.15, 0.2) is 24.3 Å². The van der Waals surface area contributed by atoms with Crippen LogP contribution in [-0.4, -0.2) is 17.8 Å². The average Bonchev–Trinajstić information content (AvgIpc) is 2.53. The predicted octanol–water partition coefficient (Wildman–Crippen LogP) is 3.63. The summed E-state index contributed by atoms with van der Waals surface area (Å²) in [5.41, 5.74) is 1.27. The Kier molecular flexibility index (Phi) is 5.19. The molecule has 3 nitrogen and oxygen atoms in total. The number of hydrogen-bond donors (Lipinski definition) is 1. The molecule has 1 aromatic rings. The molecule has 0 spiro atoms. The molecule has 0 radical (unpaired) electrons. The molecule has 1 aliphatic rings. The van der Waals surface area contributed by atoms with E-state index < -0.39 is 0 Å². The largest absolute Gasteiger partial charge is 0.351 e. The van der Waals surface area contributed by atoms with Gasteiger partial charge in [0, 0.05) is 17.4 Å². The summed E-state index contributed by atoms with van der Waals surface area (Å²) in [6, 6.07) is 8.89. The number of nitriles is 1. The highest BCUT2D eigenvalue weighted by Crippen LogP contribution is 2.37. The minimum absolute atomic E-state index is 0.0898. The van der Waals surface area contributed by atoms with E-state index in [0.717, 1.165) is 18.2 Å². The quantitative estimate of drug-likeness (QED) is 0.854. The molecule has 0 bridgehead atoms. The Balaban J connectivity index is 1.99. The Hall–Kier alpha value is -1.34. The molecule has 1 saturated carbocycles. The molecule has 0 atom stereocenters. The van der Waals surface area contributed by atoms with E-state index >= 15 is 0 Å². The van der Waals surface area contributed by atoms with E-state index in [0.29, 0.717) is 17.7 Å². The Morgan fingerprint density at radius 1 is 1.35 bits per heavy atom. The second kappa shape index (κ2) is 6.90. The normalized spacial score (nSPS) is 17.2. The zero-order valence-corrected chi connectivity index (χ0v) is 13.1. The maximum Gasteiger partial charge on any atom is 0.251 e. The van der Waals surface area contributed by atoms with Crippen molar-refractivity contribution >= 4 is 21.8 Å². The Morgan fingerprint density at radius 3 is 2.75 bits per heavy atom. The van der Waals surface area contributed by atoms with E-state index in [9.17, 15) is 4.79 Å². The number of nitrogens with zero attached hydrogens (tertiary/aromatic N) is 1. The molecule has 0 heterocycles. The van der Waals surface area contributed by atoms with Crippen molar-refractivity contribution in [3.63, 3.8) is 0 Å². The van der Waals surface area contributed by atoms with Crippen LogP contribution in [-0.2, 0) is 0 Å². The Labute approximate surface area is 128 Å². The number of carbonyl (C=O) groups excluding carboxylic acids is 1. The van der Waals surface area contributed by atoms with E-state index in [2.05, 4.69) is 27.3 Å². The third-order valence-electron chi connectivity index (χ3n) is 4.08. The summed E-state index contributed by atoms with van der Waals surface area (Å²) in [4.78, 5) is 12.2. The maximum absolute atomic E-state index is 12.2. The molecule has 1 N–H and O–H groups in total. The van der Waals surface area contributed by atoms with Gasteiger partial charge in [-0.3, -0.25) is 4.79 Å². The van der Waals surface area contributed by atoms with Gasteiger partial charge in [0.2, 0.25) is 0 Å². The van der Waals surface area contributed by atoms with Crippen LogP contribution >= 0.6 is 15.9 Å². The van der Waals surface area contributed by atoms with Crippen LogP contribution in [0.25, 0.3) is 0 Å². The van der Waals surface area contributed by atoms with Gasteiger partial charge in [-0.05, 0) is 36.5 Å². The minimum atomic E-state index is -0.0898. The van der Waals surface area contributed by atoms with E-state index in [4.69, 9.17) is 5.26 Å². The minimum Gasteiger partial charge on any atom is -0.351 e. The first-order valence-electron chi connectivity index (χ1n) is 7.03. The summed E-state index contributed by atoms with van der Waals surface area (Å²) in [5.74, 6) is -0.0898. The Morgan fingerprint density at radius 2 is 2.10 bits per heavy atom. The smallest absolute Gasteiger partial charge is 0.251 e. The number of amides is 1. The zero-order valence-electron chi connectivity index (χ0n) is 11.5. The maximum atomic E-state index is 12.2. The number of hydrogen-bond acceptors (Lipinski definition) is 2. The molecule has 0 aromatic heterocycles. The molecule has 20 heavy (non-hydrogen) atoms. The summed E-state index contributed by atoms with van der Waals surface area (Å²) >= 11 is 3.60. The van der Waals surface area contributed by atoms with E-state index in [1.165, 1.54) is 19.3 Å². The third kappa shape index (κ3) is 3.61. The molecule has 106 valence electrons. The van der Waals surface area contributed by atoms with Gasteiger partial charge in [0.05, 0.1) is 11.6 Å². The van der Waals surface area contributed by atoms with Crippen LogP contribution in [0.4, 0.5) is 0 Å². The second-order valence-electron chi connectivity index (χ2n) is 5.57. The summed E-state index contributed by atoms with van der Waals surface area (Å²) in [6.07, 6.45) is 6.11. The first-order chi connectivity index (χ1) is 9.69. The van der Waals surface area contributed by atoms with Crippen molar-refractivity contribution in [3.05, 3.63) is 35.4 Å². The highest BCUT2D eigenvalue weighted by atomic mass is 79.9. The van der Waals surface area contributed by atoms with Gasteiger partial charge in [0.25, 0.3) is 5.91 Å². The highest BCUT2D eigenvalue weighted by molar-refractivity contribution is 9.09. The molecule has 4 heteroatoms. The average molecular weight is 335 g/mol. The van der Waals surface area contributed by atoms with Gasteiger partial charge in [-0.15, -0.1) is 0 Å². The van der Waals surface area contributed by atoms with Crippen molar-refractivity contribution in [2.45, 2.75) is 32.1 Å². The van der Waals surface area contributed by atoms with Crippen molar-refractivity contribution in [3.8, 4) is 6.07 Å². The topological polar surface area (TPSA) is 52.9 Å². The summed E-state index contributed by atoms with van der Waals surface area (Å²) in [5, 5.41) is 12.8. The standard InChI is InChI=1S/C16H19BrN2O/c17-11-16(7-2-1-3-8-16)12-19-15(20)14-6-4-5-13(9-14)10-18/h4-6,9H,1-3,7-8,11-12H2,(H,19,20). The number of halogens is 1. The van der Waals surface area contributed by atoms with Crippen LogP contribution in [0.1, 0.15) is 48.0 Å². The zero-order chi connectivity index (χ0) is 14.4. The predicted molar refractivity (Wildman–Crippen MR) is 82.8 cm³/mol. The van der Waals surface area contributed by atoms with Gasteiger partial charge in [-0.25, -0.2) is 0 Å². The summed E-state index contributed by atoms with van der Waals surface area (Å²) in [7, 11) is 0. The van der Waals surface area contributed by atoms with Crippen molar-refractivity contribution in [1.82, 2.24) is 5.32 Å². The van der Waals surface area contributed by atoms with Gasteiger partial charge < -0.3 is 5.32 Å². The molecule has 0 saturated heterocycles. The molecule has 1 fully saturated rings. The van der Waals surface area contributed by atoms with Crippen LogP contribution < -0.4 is 5.32 Å². The lowest BCUT2D eigenvalue weighted by Gasteiger charge is -2.35. The lowest BCUT2D eigenvalue weighted by molar-refractivity contribution is 0.0922. The lowest BCUT2D eigenvalue weighted by Crippen LogP contribution is -2.40. The number of nitrogens with one attached hydrogen (secondary N) is 1. The van der Waals surface area contributed by atoms with Gasteiger partial charge >= 0.3 is 0 Å². The molecule has 1 aromatic carbocycles. The summed E-state index contributed by atoms with van der Waals surface area (Å²) in [6.45, 7) is 0.702. The first-order valence-corrected chi connectivity index (χ1v) is 8.16. The fourth-order valence-corrected chi connectivity index (χ4v) is 3.52. The van der Waals surface area contributed by atoms with E-state index in [-0.39, 0.29) is 11.3 Å². The van der Waals surface area contributed by atoms with Gasteiger partial charge in [-0.1, -0.05) is 41.3 Å². The summed E-state index contributed by atoms with van der Waals surface area (Å²) < 4.78 is 0. The van der Waals surface area contributed by atoms with Crippen molar-refractivity contribution in [1.29, 1.82) is 5.26 Å². The van der Waals surface area contributed by atoms with Crippen LogP contribution in [0, 0.1) is 16.7 Å². The van der Waals surface area contributed by atoms with Crippen LogP contribution in [0.3, 0.4) is 0 Å². The second-order valence-corrected chi connectivity index (χ2v) is 6.13. The van der Waals surface area contributed by atoms with Gasteiger partial charge in [-0.2, -0.15) is 5.26 Å². The van der Waals surface area contributed by atoms with Crippen molar-refractivity contribution in [2.75, 3.05) is 11.9 Å². The fraction of sp³-hybridized carbons (Fsp3) is 0.500. The lowest BCUT2D eigenvalue weighted by atomic mass is 9.75. The molecule has 1 aliphatic carbocycles. The molecule has 1 amide bonds. The Bertz CT molecular complexity index is 515. The van der Waals surface area contributed by atoms with Gasteiger partial charge in [0.15, 0.2) is 0 Å². The highest BCUT2D eigenvalue weighted by Gasteiger charge is 2.31. The third-order valence-corrected chi connectivity index (χ3v) is 5.26. The monoisotopic (exact) mass is 334 g/mol. The SMILES string of the molecule is N#Cc1cccc(C(=O)NCC2(CBr)CCCCC2)c1. The number of carbonyl (C=O) groups is 1. The molecular formula is C16H19BrN2O. The number of rotatable bonds is 4. The fourth-order valence-electron chi connectivity index (χ4n) is 2.76. The van der Waals surface area contributed by atoms with E-state index in [1.807, 2.05) is 0 Å². The van der Waals surface area contributed by atoms with Gasteiger partial charge in [0.1, 0.15) is 0 Å². The molecule has 0 unspecified atom stereocenters. The molecule has 2 rings (SSSR count). The first kappa shape index (κ1) is 15.1. The van der Waals surface area contributed by atoms with Crippen molar-refractivity contribution < 1.29 is 4.79 Å². The number of benzene rings is 1. The van der Waals surface area contributed by atoms with Crippen LogP contribution in [0.2, 0.25) is 0 Å². The van der Waals surface area contributed by atoms with E-state index in [1.54, 1.807) is 24.3 Å².